The fourth-order valence-corrected chi connectivity index (χ4v) is 7.26. The Kier molecular flexibility index (Phi) is 44.3. The van der Waals surface area contributed by atoms with Gasteiger partial charge in [0.05, 0.1) is 0 Å². The maximum atomic E-state index is 12.7. The summed E-state index contributed by atoms with van der Waals surface area (Å²) in [6.45, 7) is 6.62. The Morgan fingerprint density at radius 1 is 0.339 bits per heavy atom. The van der Waals surface area contributed by atoms with Crippen LogP contribution in [0.1, 0.15) is 271 Å². The van der Waals surface area contributed by atoms with E-state index in [1.807, 2.05) is 0 Å². The molecule has 0 bridgehead atoms. The molecule has 56 heavy (non-hydrogen) atoms. The van der Waals surface area contributed by atoms with Gasteiger partial charge in [0, 0.05) is 19.3 Å². The maximum Gasteiger partial charge on any atom is 0.306 e. The molecule has 0 N–H and O–H groups in total. The summed E-state index contributed by atoms with van der Waals surface area (Å²) < 4.78 is 16.7. The molecule has 6 nitrogen and oxygen atoms in total. The molecule has 0 saturated heterocycles. The van der Waals surface area contributed by atoms with Crippen LogP contribution < -0.4 is 0 Å². The standard InChI is InChI=1S/C50H94O6/c1-4-7-10-13-16-19-21-23-24-25-27-28-31-34-37-40-43-49(52)55-46-47(45-54-48(51)42-39-36-33-30-18-15-12-9-6-3)56-50(53)44-41-38-35-32-29-26-22-20-17-14-11-8-5-2/h20,22,47H,4-19,21,23-46H2,1-3H3/b22-20-/t47-/m1/s1. The van der Waals surface area contributed by atoms with Crippen LogP contribution in [0.25, 0.3) is 0 Å². The number of allylic oxidation sites excluding steroid dienone is 2. The van der Waals surface area contributed by atoms with Crippen molar-refractivity contribution in [2.75, 3.05) is 13.2 Å². The van der Waals surface area contributed by atoms with E-state index in [1.54, 1.807) is 0 Å². The number of ether oxygens (including phenoxy) is 3. The Hall–Kier alpha value is -1.85. The van der Waals surface area contributed by atoms with Crippen molar-refractivity contribution in [2.45, 2.75) is 277 Å². The lowest BCUT2D eigenvalue weighted by molar-refractivity contribution is -0.167. The largest absolute Gasteiger partial charge is 0.462 e. The quantitative estimate of drug-likeness (QED) is 0.0264. The summed E-state index contributed by atoms with van der Waals surface area (Å²) in [6.07, 6.45) is 49.1. The molecule has 330 valence electrons. The van der Waals surface area contributed by atoms with Gasteiger partial charge in [0.25, 0.3) is 0 Å². The van der Waals surface area contributed by atoms with Crippen molar-refractivity contribution in [1.29, 1.82) is 0 Å². The first-order chi connectivity index (χ1) is 27.5. The first-order valence-electron chi connectivity index (χ1n) is 24.7. The minimum absolute atomic E-state index is 0.0686. The van der Waals surface area contributed by atoms with Gasteiger partial charge in [0.15, 0.2) is 6.10 Å². The lowest BCUT2D eigenvalue weighted by atomic mass is 10.0. The third-order valence-corrected chi connectivity index (χ3v) is 11.0. The Labute approximate surface area is 348 Å². The second-order valence-electron chi connectivity index (χ2n) is 16.7. The monoisotopic (exact) mass is 791 g/mol. The molecular formula is C50H94O6. The van der Waals surface area contributed by atoms with E-state index < -0.39 is 6.10 Å². The van der Waals surface area contributed by atoms with Crippen LogP contribution in [0.3, 0.4) is 0 Å². The van der Waals surface area contributed by atoms with Gasteiger partial charge in [-0.1, -0.05) is 219 Å². The number of hydrogen-bond acceptors (Lipinski definition) is 6. The Balaban J connectivity index is 4.29. The molecule has 0 aliphatic heterocycles. The van der Waals surface area contributed by atoms with E-state index in [9.17, 15) is 14.4 Å². The van der Waals surface area contributed by atoms with Gasteiger partial charge >= 0.3 is 17.9 Å². The van der Waals surface area contributed by atoms with E-state index in [0.717, 1.165) is 64.2 Å². The number of esters is 3. The third-order valence-electron chi connectivity index (χ3n) is 11.0. The van der Waals surface area contributed by atoms with Gasteiger partial charge in [-0.15, -0.1) is 0 Å². The molecule has 0 aromatic heterocycles. The van der Waals surface area contributed by atoms with Crippen molar-refractivity contribution in [3.8, 4) is 0 Å². The lowest BCUT2D eigenvalue weighted by Crippen LogP contribution is -2.30. The number of rotatable bonds is 45. The number of unbranched alkanes of at least 4 members (excludes halogenated alkanes) is 32. The highest BCUT2D eigenvalue weighted by Crippen LogP contribution is 2.16. The number of carbonyl (C=O) groups excluding carboxylic acids is 3. The topological polar surface area (TPSA) is 78.9 Å². The van der Waals surface area contributed by atoms with Gasteiger partial charge in [-0.3, -0.25) is 14.4 Å². The first kappa shape index (κ1) is 54.2. The SMILES string of the molecule is CCCCCC/C=C\CCCCCCCC(=O)O[C@H](COC(=O)CCCCCCCCCCC)COC(=O)CCCCCCCCCCCCCCCCCC. The molecule has 0 unspecified atom stereocenters. The number of hydrogen-bond donors (Lipinski definition) is 0. The smallest absolute Gasteiger partial charge is 0.306 e. The second-order valence-corrected chi connectivity index (χ2v) is 16.7. The lowest BCUT2D eigenvalue weighted by Gasteiger charge is -2.18. The highest BCUT2D eigenvalue weighted by molar-refractivity contribution is 5.71. The van der Waals surface area contributed by atoms with Crippen LogP contribution in [0, 0.1) is 0 Å². The van der Waals surface area contributed by atoms with Crippen LogP contribution in [0.15, 0.2) is 12.2 Å². The molecule has 1 atom stereocenters. The fourth-order valence-electron chi connectivity index (χ4n) is 7.26. The zero-order chi connectivity index (χ0) is 40.8. The van der Waals surface area contributed by atoms with Gasteiger partial charge in [-0.25, -0.2) is 0 Å². The highest BCUT2D eigenvalue weighted by Gasteiger charge is 2.19. The molecule has 0 aromatic carbocycles. The first-order valence-corrected chi connectivity index (χ1v) is 24.7. The Morgan fingerprint density at radius 2 is 0.589 bits per heavy atom. The molecule has 6 heteroatoms. The molecule has 0 aliphatic carbocycles. The predicted molar refractivity (Wildman–Crippen MR) is 238 cm³/mol. The molecule has 0 spiro atoms. The summed E-state index contributed by atoms with van der Waals surface area (Å²) in [5.41, 5.74) is 0. The number of carbonyl (C=O) groups is 3. The van der Waals surface area contributed by atoms with Gasteiger partial charge in [-0.2, -0.15) is 0 Å². The van der Waals surface area contributed by atoms with Crippen LogP contribution in [0.2, 0.25) is 0 Å². The zero-order valence-corrected chi connectivity index (χ0v) is 37.7. The minimum Gasteiger partial charge on any atom is -0.462 e. The predicted octanol–water partition coefficient (Wildman–Crippen LogP) is 15.8. The molecule has 0 fully saturated rings. The van der Waals surface area contributed by atoms with Crippen molar-refractivity contribution in [1.82, 2.24) is 0 Å². The van der Waals surface area contributed by atoms with Crippen LogP contribution >= 0.6 is 0 Å². The molecular weight excluding hydrogens is 697 g/mol. The van der Waals surface area contributed by atoms with E-state index in [4.69, 9.17) is 14.2 Å². The van der Waals surface area contributed by atoms with Crippen LogP contribution in [0.4, 0.5) is 0 Å². The molecule has 0 rings (SSSR count). The summed E-state index contributed by atoms with van der Waals surface area (Å²) in [7, 11) is 0. The summed E-state index contributed by atoms with van der Waals surface area (Å²) in [4.78, 5) is 37.8. The summed E-state index contributed by atoms with van der Waals surface area (Å²) in [5.74, 6) is -0.867. The van der Waals surface area contributed by atoms with Gasteiger partial charge in [0.1, 0.15) is 13.2 Å². The Morgan fingerprint density at radius 3 is 0.911 bits per heavy atom. The van der Waals surface area contributed by atoms with Crippen molar-refractivity contribution >= 4 is 17.9 Å². The van der Waals surface area contributed by atoms with Gasteiger partial charge < -0.3 is 14.2 Å². The average molecular weight is 791 g/mol. The Bertz CT molecular complexity index is 870. The summed E-state index contributed by atoms with van der Waals surface area (Å²) in [6, 6.07) is 0. The average Bonchev–Trinajstić information content (AvgIpc) is 3.19. The van der Waals surface area contributed by atoms with Crippen molar-refractivity contribution < 1.29 is 28.6 Å². The molecule has 0 heterocycles. The van der Waals surface area contributed by atoms with Gasteiger partial charge in [-0.05, 0) is 44.9 Å². The summed E-state index contributed by atoms with van der Waals surface area (Å²) >= 11 is 0. The van der Waals surface area contributed by atoms with Crippen molar-refractivity contribution in [3.63, 3.8) is 0 Å². The van der Waals surface area contributed by atoms with E-state index >= 15 is 0 Å². The second kappa shape index (κ2) is 45.8. The summed E-state index contributed by atoms with van der Waals surface area (Å²) in [5, 5.41) is 0. The van der Waals surface area contributed by atoms with Gasteiger partial charge in [0.2, 0.25) is 0 Å². The van der Waals surface area contributed by atoms with Crippen LogP contribution in [-0.2, 0) is 28.6 Å². The van der Waals surface area contributed by atoms with Crippen molar-refractivity contribution in [3.05, 3.63) is 12.2 Å². The minimum atomic E-state index is -0.766. The molecule has 0 saturated carbocycles. The molecule has 0 aliphatic rings. The van der Waals surface area contributed by atoms with E-state index in [2.05, 4.69) is 32.9 Å². The third kappa shape index (κ3) is 43.3. The van der Waals surface area contributed by atoms with E-state index in [-0.39, 0.29) is 31.1 Å². The highest BCUT2D eigenvalue weighted by atomic mass is 16.6. The van der Waals surface area contributed by atoms with E-state index in [1.165, 1.54) is 167 Å². The molecule has 0 radical (unpaired) electrons. The van der Waals surface area contributed by atoms with Crippen LogP contribution in [-0.4, -0.2) is 37.2 Å². The molecule has 0 amide bonds. The maximum absolute atomic E-state index is 12.7. The fraction of sp³-hybridized carbons (Fsp3) is 0.900. The van der Waals surface area contributed by atoms with E-state index in [0.29, 0.717) is 19.3 Å². The van der Waals surface area contributed by atoms with Crippen LogP contribution in [0.5, 0.6) is 0 Å². The van der Waals surface area contributed by atoms with Crippen molar-refractivity contribution in [2.24, 2.45) is 0 Å². The normalized spacial score (nSPS) is 12.0. The molecule has 0 aromatic rings. The zero-order valence-electron chi connectivity index (χ0n) is 37.7.